The van der Waals surface area contributed by atoms with Crippen LogP contribution in [0.1, 0.15) is 6.42 Å². The number of hydrogen-bond acceptors (Lipinski definition) is 4. The molecule has 1 atom stereocenters. The van der Waals surface area contributed by atoms with Gasteiger partial charge in [-0.3, -0.25) is 0 Å². The van der Waals surface area contributed by atoms with Crippen LogP contribution in [0.2, 0.25) is 5.02 Å². The maximum absolute atomic E-state index is 11.8. The van der Waals surface area contributed by atoms with Gasteiger partial charge in [0.15, 0.2) is 0 Å². The number of urea groups is 1. The second-order valence-corrected chi connectivity index (χ2v) is 4.53. The van der Waals surface area contributed by atoms with Crippen molar-refractivity contribution in [3.8, 4) is 5.75 Å². The van der Waals surface area contributed by atoms with Crippen molar-refractivity contribution in [2.45, 2.75) is 12.5 Å². The van der Waals surface area contributed by atoms with Crippen LogP contribution in [0.3, 0.4) is 0 Å². The van der Waals surface area contributed by atoms with Gasteiger partial charge in [0.2, 0.25) is 0 Å². The molecule has 1 aromatic carbocycles. The molecule has 0 aliphatic carbocycles. The zero-order chi connectivity index (χ0) is 15.8. The number of carboxylic acid groups (broad SMARTS) is 1. The van der Waals surface area contributed by atoms with Crippen LogP contribution in [0, 0.1) is 0 Å². The number of benzene rings is 1. The molecule has 0 aromatic heterocycles. The lowest BCUT2D eigenvalue weighted by Crippen LogP contribution is -2.43. The molecule has 0 spiro atoms. The largest absolute Gasteiger partial charge is 0.495 e. The summed E-state index contributed by atoms with van der Waals surface area (Å²) in [4.78, 5) is 22.8. The summed E-state index contributed by atoms with van der Waals surface area (Å²) < 4.78 is 9.82. The molecule has 1 aromatic rings. The number of carbonyl (C=O) groups is 2. The van der Waals surface area contributed by atoms with E-state index in [1.54, 1.807) is 12.1 Å². The van der Waals surface area contributed by atoms with Crippen molar-refractivity contribution in [3.05, 3.63) is 23.2 Å². The van der Waals surface area contributed by atoms with Crippen molar-refractivity contribution < 1.29 is 24.2 Å². The number of aliphatic carboxylic acids is 1. The van der Waals surface area contributed by atoms with Crippen molar-refractivity contribution in [2.24, 2.45) is 0 Å². The third kappa shape index (κ3) is 5.49. The summed E-state index contributed by atoms with van der Waals surface area (Å²) >= 11 is 5.87. The van der Waals surface area contributed by atoms with E-state index in [0.29, 0.717) is 16.5 Å². The standard InChI is InChI=1S/C13H17ClN2O5/c1-20-6-5-10(12(17)18)16-13(19)15-8-3-4-9(14)11(7-8)21-2/h3-4,7,10H,5-6H2,1-2H3,(H,17,18)(H2,15,16,19). The van der Waals surface area contributed by atoms with E-state index in [1.165, 1.54) is 20.3 Å². The summed E-state index contributed by atoms with van der Waals surface area (Å²) in [5.74, 6) is -0.723. The summed E-state index contributed by atoms with van der Waals surface area (Å²) in [5, 5.41) is 14.3. The van der Waals surface area contributed by atoms with Crippen LogP contribution in [0.25, 0.3) is 0 Å². The molecule has 8 heteroatoms. The van der Waals surface area contributed by atoms with Crippen LogP contribution in [0.5, 0.6) is 5.75 Å². The van der Waals surface area contributed by atoms with Crippen LogP contribution >= 0.6 is 11.6 Å². The number of amides is 2. The Hall–Kier alpha value is -1.99. The Bertz CT molecular complexity index is 509. The molecule has 0 heterocycles. The van der Waals surface area contributed by atoms with Crippen LogP contribution in [-0.4, -0.2) is 44.0 Å². The van der Waals surface area contributed by atoms with Gasteiger partial charge in [-0.15, -0.1) is 0 Å². The summed E-state index contributed by atoms with van der Waals surface area (Å²) in [6, 6.07) is 3.01. The van der Waals surface area contributed by atoms with Crippen molar-refractivity contribution in [1.82, 2.24) is 5.32 Å². The first kappa shape index (κ1) is 17.1. The minimum atomic E-state index is -1.13. The lowest BCUT2D eigenvalue weighted by atomic mass is 10.2. The molecular weight excluding hydrogens is 300 g/mol. The molecule has 1 unspecified atom stereocenters. The Morgan fingerprint density at radius 1 is 1.38 bits per heavy atom. The highest BCUT2D eigenvalue weighted by atomic mass is 35.5. The van der Waals surface area contributed by atoms with E-state index >= 15 is 0 Å². The number of rotatable bonds is 7. The highest BCUT2D eigenvalue weighted by molar-refractivity contribution is 6.32. The van der Waals surface area contributed by atoms with E-state index < -0.39 is 18.0 Å². The monoisotopic (exact) mass is 316 g/mol. The highest BCUT2D eigenvalue weighted by Crippen LogP contribution is 2.27. The fraction of sp³-hybridized carbons (Fsp3) is 0.385. The van der Waals surface area contributed by atoms with E-state index in [2.05, 4.69) is 10.6 Å². The molecule has 0 aliphatic heterocycles. The molecule has 0 saturated heterocycles. The average Bonchev–Trinajstić information content (AvgIpc) is 2.45. The van der Waals surface area contributed by atoms with Gasteiger partial charge in [0, 0.05) is 31.9 Å². The van der Waals surface area contributed by atoms with Gasteiger partial charge in [-0.2, -0.15) is 0 Å². The molecular formula is C13H17ClN2O5. The molecule has 0 radical (unpaired) electrons. The quantitative estimate of drug-likeness (QED) is 0.714. The summed E-state index contributed by atoms with van der Waals surface area (Å²) in [7, 11) is 2.91. The molecule has 3 N–H and O–H groups in total. The first-order valence-electron chi connectivity index (χ1n) is 6.10. The summed E-state index contributed by atoms with van der Waals surface area (Å²) in [5.41, 5.74) is 0.435. The van der Waals surface area contributed by atoms with Crippen LogP contribution in [0.15, 0.2) is 18.2 Å². The number of halogens is 1. The van der Waals surface area contributed by atoms with Gasteiger partial charge in [0.1, 0.15) is 11.8 Å². The fourth-order valence-corrected chi connectivity index (χ4v) is 1.75. The lowest BCUT2D eigenvalue weighted by molar-refractivity contribution is -0.139. The predicted octanol–water partition coefficient (Wildman–Crippen LogP) is 1.96. The Morgan fingerprint density at radius 2 is 2.10 bits per heavy atom. The molecule has 116 valence electrons. The van der Waals surface area contributed by atoms with E-state index in [0.717, 1.165) is 0 Å². The Kier molecular flexibility index (Phi) is 6.77. The van der Waals surface area contributed by atoms with Gasteiger partial charge in [0.05, 0.1) is 12.1 Å². The van der Waals surface area contributed by atoms with Crippen LogP contribution < -0.4 is 15.4 Å². The SMILES string of the molecule is COCCC(NC(=O)Nc1ccc(Cl)c(OC)c1)C(=O)O. The Morgan fingerprint density at radius 3 is 2.67 bits per heavy atom. The lowest BCUT2D eigenvalue weighted by Gasteiger charge is -2.15. The smallest absolute Gasteiger partial charge is 0.326 e. The van der Waals surface area contributed by atoms with Gasteiger partial charge >= 0.3 is 12.0 Å². The number of anilines is 1. The predicted molar refractivity (Wildman–Crippen MR) is 78.1 cm³/mol. The highest BCUT2D eigenvalue weighted by Gasteiger charge is 2.19. The number of carboxylic acids is 1. The molecule has 2 amide bonds. The summed E-state index contributed by atoms with van der Waals surface area (Å²) in [6.07, 6.45) is 0.170. The number of methoxy groups -OCH3 is 2. The van der Waals surface area contributed by atoms with Gasteiger partial charge < -0.3 is 25.2 Å². The zero-order valence-electron chi connectivity index (χ0n) is 11.7. The van der Waals surface area contributed by atoms with Crippen molar-refractivity contribution in [3.63, 3.8) is 0 Å². The number of carbonyl (C=O) groups excluding carboxylic acids is 1. The second-order valence-electron chi connectivity index (χ2n) is 4.12. The number of hydrogen-bond donors (Lipinski definition) is 3. The van der Waals surface area contributed by atoms with E-state index in [9.17, 15) is 9.59 Å². The van der Waals surface area contributed by atoms with Gasteiger partial charge in [0.25, 0.3) is 0 Å². The third-order valence-corrected chi connectivity index (χ3v) is 2.94. The fourth-order valence-electron chi connectivity index (χ4n) is 1.56. The Balaban J connectivity index is 2.65. The van der Waals surface area contributed by atoms with Gasteiger partial charge in [-0.25, -0.2) is 9.59 Å². The second kappa shape index (κ2) is 8.33. The topological polar surface area (TPSA) is 96.9 Å². The van der Waals surface area contributed by atoms with Crippen molar-refractivity contribution >= 4 is 29.3 Å². The number of nitrogens with one attached hydrogen (secondary N) is 2. The summed E-state index contributed by atoms with van der Waals surface area (Å²) in [6.45, 7) is 0.228. The molecule has 0 bridgehead atoms. The molecule has 7 nitrogen and oxygen atoms in total. The van der Waals surface area contributed by atoms with Crippen LogP contribution in [-0.2, 0) is 9.53 Å². The molecule has 21 heavy (non-hydrogen) atoms. The maximum Gasteiger partial charge on any atom is 0.326 e. The van der Waals surface area contributed by atoms with Gasteiger partial charge in [-0.1, -0.05) is 11.6 Å². The third-order valence-electron chi connectivity index (χ3n) is 2.62. The molecule has 0 fully saturated rings. The van der Waals surface area contributed by atoms with Crippen LogP contribution in [0.4, 0.5) is 10.5 Å². The number of ether oxygens (including phenoxy) is 2. The minimum Gasteiger partial charge on any atom is -0.495 e. The maximum atomic E-state index is 11.8. The van der Waals surface area contributed by atoms with Gasteiger partial charge in [-0.05, 0) is 12.1 Å². The van der Waals surface area contributed by atoms with Crippen molar-refractivity contribution in [1.29, 1.82) is 0 Å². The molecule has 1 rings (SSSR count). The molecule has 0 saturated carbocycles. The Labute approximate surface area is 127 Å². The average molecular weight is 317 g/mol. The minimum absolute atomic E-state index is 0.170. The van der Waals surface area contributed by atoms with E-state index in [1.807, 2.05) is 0 Å². The first-order chi connectivity index (χ1) is 9.97. The van der Waals surface area contributed by atoms with E-state index in [-0.39, 0.29) is 13.0 Å². The molecule has 0 aliphatic rings. The van der Waals surface area contributed by atoms with Crippen molar-refractivity contribution in [2.75, 3.05) is 26.1 Å². The zero-order valence-corrected chi connectivity index (χ0v) is 12.4. The normalized spacial score (nSPS) is 11.6. The van der Waals surface area contributed by atoms with E-state index in [4.69, 9.17) is 26.2 Å². The first-order valence-corrected chi connectivity index (χ1v) is 6.48.